The molecule has 0 amide bonds. The summed E-state index contributed by atoms with van der Waals surface area (Å²) in [6, 6.07) is 11.6. The minimum Gasteiger partial charge on any atom is -0.399 e. The fourth-order valence-electron chi connectivity index (χ4n) is 2.84. The van der Waals surface area contributed by atoms with E-state index in [9.17, 15) is 0 Å². The predicted molar refractivity (Wildman–Crippen MR) is 90.1 cm³/mol. The first kappa shape index (κ1) is 12.5. The number of anilines is 3. The van der Waals surface area contributed by atoms with Gasteiger partial charge in [-0.25, -0.2) is 4.98 Å². The van der Waals surface area contributed by atoms with Crippen LogP contribution >= 0.6 is 0 Å². The highest BCUT2D eigenvalue weighted by atomic mass is 15.0. The summed E-state index contributed by atoms with van der Waals surface area (Å²) >= 11 is 0. The van der Waals surface area contributed by atoms with Crippen LogP contribution in [0, 0.1) is 0 Å². The van der Waals surface area contributed by atoms with E-state index in [1.807, 2.05) is 42.6 Å². The highest BCUT2D eigenvalue weighted by Crippen LogP contribution is 2.36. The predicted octanol–water partition coefficient (Wildman–Crippen LogP) is 2.52. The lowest BCUT2D eigenvalue weighted by Gasteiger charge is -2.09. The van der Waals surface area contributed by atoms with Gasteiger partial charge in [-0.15, -0.1) is 0 Å². The number of hydrogen-bond acceptors (Lipinski definition) is 5. The zero-order valence-corrected chi connectivity index (χ0v) is 11.7. The molecule has 0 aliphatic carbocycles. The molecule has 4 rings (SSSR count). The van der Waals surface area contributed by atoms with Crippen LogP contribution in [-0.4, -0.2) is 15.0 Å². The van der Waals surface area contributed by atoms with Gasteiger partial charge in [0.2, 0.25) is 5.95 Å². The molecule has 0 aliphatic heterocycles. The summed E-state index contributed by atoms with van der Waals surface area (Å²) in [5, 5.41) is 1.77. The summed E-state index contributed by atoms with van der Waals surface area (Å²) < 4.78 is 0. The van der Waals surface area contributed by atoms with Gasteiger partial charge >= 0.3 is 0 Å². The molecule has 7 N–H and O–H groups in total. The Hall–Kier alpha value is -3.28. The first-order valence-electron chi connectivity index (χ1n) is 6.82. The molecule has 0 aliphatic rings. The number of aromatic amines is 1. The van der Waals surface area contributed by atoms with Gasteiger partial charge in [0.15, 0.2) is 0 Å². The van der Waals surface area contributed by atoms with Crippen LogP contribution in [0.4, 0.5) is 17.5 Å². The zero-order valence-electron chi connectivity index (χ0n) is 11.7. The lowest BCUT2D eigenvalue weighted by Crippen LogP contribution is -2.01. The molecule has 2 heterocycles. The van der Waals surface area contributed by atoms with E-state index in [4.69, 9.17) is 17.2 Å². The van der Waals surface area contributed by atoms with Gasteiger partial charge in [-0.1, -0.05) is 12.1 Å². The van der Waals surface area contributed by atoms with E-state index in [0.717, 1.165) is 32.9 Å². The topological polar surface area (TPSA) is 120 Å². The number of nitrogen functional groups attached to an aromatic ring is 3. The maximum Gasteiger partial charge on any atom is 0.222 e. The standard InChI is InChI=1S/C16H14N6/c17-9-3-1-2-8(6-9)11-7-12-13(10-4-5-20-14(10)11)15(18)22-16(19)21-12/h1-7,20H,17H2,(H4,18,19,21,22). The number of aromatic nitrogens is 3. The average Bonchev–Trinajstić information content (AvgIpc) is 2.94. The van der Waals surface area contributed by atoms with Crippen LogP contribution in [0.2, 0.25) is 0 Å². The summed E-state index contributed by atoms with van der Waals surface area (Å²) in [5.41, 5.74) is 22.1. The highest BCUT2D eigenvalue weighted by molar-refractivity contribution is 6.15. The summed E-state index contributed by atoms with van der Waals surface area (Å²) in [4.78, 5) is 11.6. The zero-order chi connectivity index (χ0) is 15.3. The van der Waals surface area contributed by atoms with Crippen LogP contribution in [0.15, 0.2) is 42.6 Å². The largest absolute Gasteiger partial charge is 0.399 e. The molecule has 22 heavy (non-hydrogen) atoms. The fourth-order valence-corrected chi connectivity index (χ4v) is 2.84. The van der Waals surface area contributed by atoms with E-state index in [-0.39, 0.29) is 5.95 Å². The fraction of sp³-hybridized carbons (Fsp3) is 0. The van der Waals surface area contributed by atoms with Crippen molar-refractivity contribution in [1.29, 1.82) is 0 Å². The van der Waals surface area contributed by atoms with Crippen molar-refractivity contribution in [2.24, 2.45) is 0 Å². The Morgan fingerprint density at radius 2 is 1.82 bits per heavy atom. The minimum atomic E-state index is 0.165. The van der Waals surface area contributed by atoms with Gasteiger partial charge in [-0.05, 0) is 29.8 Å². The molecule has 6 nitrogen and oxygen atoms in total. The Labute approximate surface area is 126 Å². The molecule has 0 unspecified atom stereocenters. The smallest absolute Gasteiger partial charge is 0.222 e. The average molecular weight is 290 g/mol. The van der Waals surface area contributed by atoms with E-state index in [1.54, 1.807) is 0 Å². The summed E-state index contributed by atoms with van der Waals surface area (Å²) in [6.07, 6.45) is 1.87. The third-order valence-corrected chi connectivity index (χ3v) is 3.75. The molecular weight excluding hydrogens is 276 g/mol. The molecule has 0 bridgehead atoms. The lowest BCUT2D eigenvalue weighted by molar-refractivity contribution is 1.25. The summed E-state index contributed by atoms with van der Waals surface area (Å²) in [6.45, 7) is 0. The second-order valence-corrected chi connectivity index (χ2v) is 5.18. The minimum absolute atomic E-state index is 0.165. The molecule has 0 atom stereocenters. The maximum atomic E-state index is 6.03. The maximum absolute atomic E-state index is 6.03. The van der Waals surface area contributed by atoms with Crippen LogP contribution in [0.25, 0.3) is 32.9 Å². The second-order valence-electron chi connectivity index (χ2n) is 5.18. The van der Waals surface area contributed by atoms with Crippen molar-refractivity contribution < 1.29 is 0 Å². The Morgan fingerprint density at radius 1 is 0.955 bits per heavy atom. The molecule has 4 aromatic rings. The number of nitrogens with one attached hydrogen (secondary N) is 1. The number of rotatable bonds is 1. The van der Waals surface area contributed by atoms with E-state index in [0.29, 0.717) is 11.5 Å². The van der Waals surface area contributed by atoms with Crippen LogP contribution in [-0.2, 0) is 0 Å². The molecule has 2 aromatic carbocycles. The molecule has 6 heteroatoms. The monoisotopic (exact) mass is 290 g/mol. The molecule has 0 saturated carbocycles. The van der Waals surface area contributed by atoms with E-state index < -0.39 is 0 Å². The Kier molecular flexibility index (Phi) is 2.47. The van der Waals surface area contributed by atoms with Crippen LogP contribution in [0.1, 0.15) is 0 Å². The number of H-pyrrole nitrogens is 1. The first-order valence-corrected chi connectivity index (χ1v) is 6.82. The number of hydrogen-bond donors (Lipinski definition) is 4. The number of fused-ring (bicyclic) bond motifs is 3. The van der Waals surface area contributed by atoms with Crippen LogP contribution in [0.5, 0.6) is 0 Å². The molecule has 0 radical (unpaired) electrons. The quantitative estimate of drug-likeness (QED) is 0.401. The molecular formula is C16H14N6. The molecule has 0 fully saturated rings. The SMILES string of the molecule is Nc1cccc(-c2cc3nc(N)nc(N)c3c3cc[nH]c23)c1. The van der Waals surface area contributed by atoms with E-state index in [2.05, 4.69) is 15.0 Å². The van der Waals surface area contributed by atoms with Gasteiger partial charge < -0.3 is 22.2 Å². The first-order chi connectivity index (χ1) is 10.6. The van der Waals surface area contributed by atoms with Crippen molar-refractivity contribution >= 4 is 39.3 Å². The molecule has 108 valence electrons. The van der Waals surface area contributed by atoms with Gasteiger partial charge in [0.05, 0.1) is 16.4 Å². The lowest BCUT2D eigenvalue weighted by atomic mass is 9.99. The summed E-state index contributed by atoms with van der Waals surface area (Å²) in [5.74, 6) is 0.546. The second kappa shape index (κ2) is 4.36. The van der Waals surface area contributed by atoms with Crippen molar-refractivity contribution in [3.8, 4) is 11.1 Å². The van der Waals surface area contributed by atoms with Crippen molar-refractivity contribution in [1.82, 2.24) is 15.0 Å². The van der Waals surface area contributed by atoms with Crippen molar-refractivity contribution in [2.75, 3.05) is 17.2 Å². The number of benzene rings is 2. The van der Waals surface area contributed by atoms with E-state index in [1.165, 1.54) is 0 Å². The van der Waals surface area contributed by atoms with Gasteiger partial charge in [0.25, 0.3) is 0 Å². The van der Waals surface area contributed by atoms with Crippen molar-refractivity contribution in [3.63, 3.8) is 0 Å². The molecule has 2 aromatic heterocycles. The van der Waals surface area contributed by atoms with Gasteiger partial charge in [-0.3, -0.25) is 0 Å². The van der Waals surface area contributed by atoms with Gasteiger partial charge in [-0.2, -0.15) is 4.98 Å². The Bertz CT molecular complexity index is 1020. The van der Waals surface area contributed by atoms with Crippen molar-refractivity contribution in [2.45, 2.75) is 0 Å². The number of nitrogens with zero attached hydrogens (tertiary/aromatic N) is 2. The number of nitrogens with two attached hydrogens (primary N) is 3. The molecule has 0 saturated heterocycles. The van der Waals surface area contributed by atoms with Gasteiger partial charge in [0, 0.05) is 22.8 Å². The Balaban J connectivity index is 2.16. The van der Waals surface area contributed by atoms with Crippen LogP contribution in [0.3, 0.4) is 0 Å². The Morgan fingerprint density at radius 3 is 2.64 bits per heavy atom. The van der Waals surface area contributed by atoms with Crippen molar-refractivity contribution in [3.05, 3.63) is 42.6 Å². The third kappa shape index (κ3) is 1.74. The van der Waals surface area contributed by atoms with Gasteiger partial charge in [0.1, 0.15) is 5.82 Å². The molecule has 0 spiro atoms. The third-order valence-electron chi connectivity index (χ3n) is 3.75. The van der Waals surface area contributed by atoms with E-state index >= 15 is 0 Å². The summed E-state index contributed by atoms with van der Waals surface area (Å²) in [7, 11) is 0. The normalized spacial score (nSPS) is 11.3. The van der Waals surface area contributed by atoms with Crippen LogP contribution < -0.4 is 17.2 Å². The highest BCUT2D eigenvalue weighted by Gasteiger charge is 2.14.